The van der Waals surface area contributed by atoms with Gasteiger partial charge in [0.1, 0.15) is 17.3 Å². The average Bonchev–Trinajstić information content (AvgIpc) is 3.37. The van der Waals surface area contributed by atoms with Gasteiger partial charge in [0, 0.05) is 11.6 Å². The van der Waals surface area contributed by atoms with Crippen LogP contribution in [0.2, 0.25) is 0 Å². The minimum atomic E-state index is -0.242. The second-order valence-electron chi connectivity index (χ2n) is 8.89. The number of nitrogens with one attached hydrogen (secondary N) is 1. The summed E-state index contributed by atoms with van der Waals surface area (Å²) in [5.41, 5.74) is 2.95. The third kappa shape index (κ3) is 3.99. The van der Waals surface area contributed by atoms with Crippen molar-refractivity contribution in [3.63, 3.8) is 0 Å². The van der Waals surface area contributed by atoms with Crippen molar-refractivity contribution in [2.75, 3.05) is 0 Å². The monoisotopic (exact) mass is 471 g/mol. The van der Waals surface area contributed by atoms with Crippen LogP contribution in [0, 0.1) is 20.8 Å². The lowest BCUT2D eigenvalue weighted by atomic mass is 10.0. The van der Waals surface area contributed by atoms with Crippen LogP contribution in [0.15, 0.2) is 50.1 Å². The van der Waals surface area contributed by atoms with Gasteiger partial charge in [0.2, 0.25) is 0 Å². The predicted octanol–water partition coefficient (Wildman–Crippen LogP) is 4.70. The SMILES string of the molecule is Cc1cc(-c2cc(C(=O)N(Cc3nc4ccccc4c(=O)[nH]3)C(C)C)c3c(C)noc3n2)c(C)o1. The number of furan rings is 1. The van der Waals surface area contributed by atoms with Gasteiger partial charge in [-0.25, -0.2) is 9.97 Å². The van der Waals surface area contributed by atoms with Crippen LogP contribution in [0.25, 0.3) is 33.3 Å². The van der Waals surface area contributed by atoms with Crippen molar-refractivity contribution in [1.82, 2.24) is 25.0 Å². The molecule has 178 valence electrons. The molecule has 0 radical (unpaired) electrons. The zero-order valence-electron chi connectivity index (χ0n) is 20.2. The molecule has 0 bridgehead atoms. The lowest BCUT2D eigenvalue weighted by Gasteiger charge is -2.26. The minimum absolute atomic E-state index is 0.129. The Morgan fingerprint density at radius 2 is 1.89 bits per heavy atom. The maximum Gasteiger partial charge on any atom is 0.259 e. The Kier molecular flexibility index (Phi) is 5.47. The number of H-pyrrole nitrogens is 1. The van der Waals surface area contributed by atoms with Crippen molar-refractivity contribution >= 4 is 27.9 Å². The van der Waals surface area contributed by atoms with Crippen LogP contribution in [-0.4, -0.2) is 37.0 Å². The van der Waals surface area contributed by atoms with Crippen molar-refractivity contribution in [3.8, 4) is 11.3 Å². The summed E-state index contributed by atoms with van der Waals surface area (Å²) >= 11 is 0. The van der Waals surface area contributed by atoms with Crippen LogP contribution in [0.5, 0.6) is 0 Å². The molecule has 1 amide bonds. The first-order valence-corrected chi connectivity index (χ1v) is 11.4. The number of fused-ring (bicyclic) bond motifs is 2. The van der Waals surface area contributed by atoms with E-state index in [1.807, 2.05) is 39.8 Å². The molecule has 4 aromatic heterocycles. The van der Waals surface area contributed by atoms with Crippen LogP contribution in [0.3, 0.4) is 0 Å². The fourth-order valence-electron chi connectivity index (χ4n) is 4.30. The molecule has 0 aliphatic heterocycles. The van der Waals surface area contributed by atoms with E-state index in [0.29, 0.717) is 44.8 Å². The Morgan fingerprint density at radius 1 is 1.11 bits per heavy atom. The predicted molar refractivity (Wildman–Crippen MR) is 131 cm³/mol. The van der Waals surface area contributed by atoms with Gasteiger partial charge in [-0.05, 0) is 58.9 Å². The number of benzene rings is 1. The standard InChI is InChI=1S/C26H25N5O4/c1-13(2)31(12-22-27-20-9-7-6-8-17(20)24(32)29-22)26(33)19-11-21(18-10-14(3)34-16(18)5)28-25-23(19)15(4)30-35-25/h6-11,13H,12H2,1-5H3,(H,27,29,32). The molecule has 0 unspecified atom stereocenters. The molecule has 1 aromatic carbocycles. The van der Waals surface area contributed by atoms with Crippen LogP contribution < -0.4 is 5.56 Å². The lowest BCUT2D eigenvalue weighted by molar-refractivity contribution is 0.0687. The third-order valence-electron chi connectivity index (χ3n) is 6.03. The first-order valence-electron chi connectivity index (χ1n) is 11.4. The molecule has 9 heteroatoms. The molecule has 0 saturated carbocycles. The second kappa shape index (κ2) is 8.50. The summed E-state index contributed by atoms with van der Waals surface area (Å²) in [6.45, 7) is 9.45. The number of hydrogen-bond acceptors (Lipinski definition) is 7. The molecule has 5 aromatic rings. The maximum atomic E-state index is 14.0. The van der Waals surface area contributed by atoms with Gasteiger partial charge in [0.15, 0.2) is 0 Å². The Bertz CT molecular complexity index is 1640. The number of amides is 1. The summed E-state index contributed by atoms with van der Waals surface area (Å²) in [4.78, 5) is 40.2. The highest BCUT2D eigenvalue weighted by Gasteiger charge is 2.26. The normalized spacial score (nSPS) is 11.6. The molecule has 1 N–H and O–H groups in total. The Morgan fingerprint density at radius 3 is 2.60 bits per heavy atom. The largest absolute Gasteiger partial charge is 0.466 e. The first-order chi connectivity index (χ1) is 16.7. The van der Waals surface area contributed by atoms with E-state index in [-0.39, 0.29) is 29.8 Å². The topological polar surface area (TPSA) is 118 Å². The molecule has 0 aliphatic carbocycles. The summed E-state index contributed by atoms with van der Waals surface area (Å²) < 4.78 is 11.1. The number of aromatic nitrogens is 4. The highest BCUT2D eigenvalue weighted by Crippen LogP contribution is 2.31. The van der Waals surface area contributed by atoms with E-state index >= 15 is 0 Å². The quantitative estimate of drug-likeness (QED) is 0.395. The maximum absolute atomic E-state index is 14.0. The third-order valence-corrected chi connectivity index (χ3v) is 6.03. The van der Waals surface area contributed by atoms with Crippen molar-refractivity contribution < 1.29 is 13.7 Å². The molecular weight excluding hydrogens is 446 g/mol. The number of para-hydroxylation sites is 1. The van der Waals surface area contributed by atoms with E-state index in [1.54, 1.807) is 36.1 Å². The van der Waals surface area contributed by atoms with E-state index in [0.717, 1.165) is 11.3 Å². The van der Waals surface area contributed by atoms with Gasteiger partial charge >= 0.3 is 0 Å². The molecule has 35 heavy (non-hydrogen) atoms. The molecule has 0 saturated heterocycles. The average molecular weight is 472 g/mol. The van der Waals surface area contributed by atoms with Crippen molar-refractivity contribution in [2.45, 2.75) is 47.2 Å². The van der Waals surface area contributed by atoms with Crippen LogP contribution >= 0.6 is 0 Å². The summed E-state index contributed by atoms with van der Waals surface area (Å²) in [7, 11) is 0. The van der Waals surface area contributed by atoms with Gasteiger partial charge < -0.3 is 18.8 Å². The first kappa shape index (κ1) is 22.5. The highest BCUT2D eigenvalue weighted by molar-refractivity contribution is 6.07. The number of aryl methyl sites for hydroxylation is 3. The van der Waals surface area contributed by atoms with Gasteiger partial charge in [0.05, 0.1) is 39.8 Å². The van der Waals surface area contributed by atoms with E-state index in [2.05, 4.69) is 20.1 Å². The molecule has 0 spiro atoms. The molecule has 0 fully saturated rings. The van der Waals surface area contributed by atoms with E-state index in [4.69, 9.17) is 8.94 Å². The smallest absolute Gasteiger partial charge is 0.259 e. The van der Waals surface area contributed by atoms with Gasteiger partial charge in [-0.15, -0.1) is 0 Å². The molecular formula is C26H25N5O4. The minimum Gasteiger partial charge on any atom is -0.466 e. The Hall–Kier alpha value is -4.27. The Labute approximate surface area is 200 Å². The van der Waals surface area contributed by atoms with Crippen LogP contribution in [0.1, 0.15) is 47.2 Å². The number of nitrogens with zero attached hydrogens (tertiary/aromatic N) is 4. The van der Waals surface area contributed by atoms with Gasteiger partial charge in [-0.3, -0.25) is 9.59 Å². The fraction of sp³-hybridized carbons (Fsp3) is 0.269. The molecule has 4 heterocycles. The zero-order chi connectivity index (χ0) is 24.9. The van der Waals surface area contributed by atoms with Crippen molar-refractivity contribution in [2.24, 2.45) is 0 Å². The van der Waals surface area contributed by atoms with Gasteiger partial charge in [-0.1, -0.05) is 17.3 Å². The lowest BCUT2D eigenvalue weighted by Crippen LogP contribution is -2.37. The summed E-state index contributed by atoms with van der Waals surface area (Å²) in [6, 6.07) is 10.6. The molecule has 5 rings (SSSR count). The molecule has 9 nitrogen and oxygen atoms in total. The number of pyridine rings is 1. The number of carbonyl (C=O) groups excluding carboxylic acids is 1. The fourth-order valence-corrected chi connectivity index (χ4v) is 4.30. The van der Waals surface area contributed by atoms with Gasteiger partial charge in [0.25, 0.3) is 17.2 Å². The number of rotatable bonds is 5. The van der Waals surface area contributed by atoms with Crippen LogP contribution in [-0.2, 0) is 6.54 Å². The Balaban J connectivity index is 1.61. The highest BCUT2D eigenvalue weighted by atomic mass is 16.5. The summed E-state index contributed by atoms with van der Waals surface area (Å²) in [5.74, 6) is 1.61. The van der Waals surface area contributed by atoms with Crippen molar-refractivity contribution in [3.05, 3.63) is 75.4 Å². The molecule has 0 aliphatic rings. The summed E-state index contributed by atoms with van der Waals surface area (Å²) in [5, 5.41) is 5.11. The van der Waals surface area contributed by atoms with Crippen molar-refractivity contribution in [1.29, 1.82) is 0 Å². The number of carbonyl (C=O) groups is 1. The summed E-state index contributed by atoms with van der Waals surface area (Å²) in [6.07, 6.45) is 0. The van der Waals surface area contributed by atoms with Crippen LogP contribution in [0.4, 0.5) is 0 Å². The van der Waals surface area contributed by atoms with E-state index in [1.165, 1.54) is 0 Å². The van der Waals surface area contributed by atoms with E-state index < -0.39 is 0 Å². The van der Waals surface area contributed by atoms with Gasteiger partial charge in [-0.2, -0.15) is 0 Å². The van der Waals surface area contributed by atoms with E-state index in [9.17, 15) is 9.59 Å². The molecule has 0 atom stereocenters. The second-order valence-corrected chi connectivity index (χ2v) is 8.89. The zero-order valence-corrected chi connectivity index (χ0v) is 20.2. The number of hydrogen-bond donors (Lipinski definition) is 1. The number of aromatic amines is 1.